The van der Waals surface area contributed by atoms with Crippen LogP contribution in [0.4, 0.5) is 18.9 Å². The standard InChI is InChI=1S/C21H21ClF3N3O5/c1-10-6-11(4-5-12(10)23)26-18(31)13-16(33-3)14(28(2)17(13)22)15(30)19(32)27-20(9-29)7-21(24,25)8-20/h4-6,29H,7-9H2,1-3H3,(H,26,31)(H,27,32). The van der Waals surface area contributed by atoms with E-state index in [4.69, 9.17) is 16.3 Å². The zero-order valence-electron chi connectivity index (χ0n) is 17.9. The van der Waals surface area contributed by atoms with Crippen LogP contribution in [0.2, 0.25) is 5.15 Å². The number of hydrogen-bond acceptors (Lipinski definition) is 5. The van der Waals surface area contributed by atoms with E-state index in [1.165, 1.54) is 26.1 Å². The number of aromatic nitrogens is 1. The third-order valence-electron chi connectivity index (χ3n) is 5.42. The number of aryl methyl sites for hydroxylation is 1. The number of ketones is 1. The van der Waals surface area contributed by atoms with E-state index < -0.39 is 54.3 Å². The first-order valence-electron chi connectivity index (χ1n) is 9.70. The number of nitrogens with one attached hydrogen (secondary N) is 2. The third kappa shape index (κ3) is 4.55. The Hall–Kier alpha value is -3.05. The van der Waals surface area contributed by atoms with Crippen LogP contribution in [0.25, 0.3) is 0 Å². The number of Topliss-reactive ketones (excluding diaryl/α,β-unsaturated/α-hetero) is 1. The van der Waals surface area contributed by atoms with E-state index in [1.54, 1.807) is 0 Å². The Labute approximate surface area is 191 Å². The number of ether oxygens (including phenoxy) is 1. The lowest BCUT2D eigenvalue weighted by Crippen LogP contribution is -2.65. The monoisotopic (exact) mass is 487 g/mol. The van der Waals surface area contributed by atoms with Crippen LogP contribution < -0.4 is 15.4 Å². The van der Waals surface area contributed by atoms with Crippen molar-refractivity contribution in [3.8, 4) is 5.75 Å². The minimum atomic E-state index is -3.06. The molecule has 8 nitrogen and oxygen atoms in total. The molecule has 1 aliphatic rings. The predicted octanol–water partition coefficient (Wildman–Crippen LogP) is 2.85. The number of nitrogens with zero attached hydrogens (tertiary/aromatic N) is 1. The SMILES string of the molecule is COc1c(C(=O)Nc2ccc(F)c(C)c2)c(Cl)n(C)c1C(=O)C(=O)NC1(CO)CC(F)(F)C1. The van der Waals surface area contributed by atoms with E-state index >= 15 is 0 Å². The Bertz CT molecular complexity index is 1140. The van der Waals surface area contributed by atoms with Crippen LogP contribution in [-0.2, 0) is 11.8 Å². The summed E-state index contributed by atoms with van der Waals surface area (Å²) >= 11 is 6.24. The van der Waals surface area contributed by atoms with Crippen LogP contribution in [-0.4, -0.2) is 52.4 Å². The first kappa shape index (κ1) is 24.6. The lowest BCUT2D eigenvalue weighted by molar-refractivity contribution is -0.154. The van der Waals surface area contributed by atoms with Crippen molar-refractivity contribution in [1.82, 2.24) is 9.88 Å². The molecule has 1 aliphatic carbocycles. The topological polar surface area (TPSA) is 110 Å². The molecule has 178 valence electrons. The second kappa shape index (κ2) is 8.71. The number of carbonyl (C=O) groups excluding carboxylic acids is 3. The molecule has 1 fully saturated rings. The first-order chi connectivity index (χ1) is 15.3. The third-order valence-corrected chi connectivity index (χ3v) is 5.86. The van der Waals surface area contributed by atoms with Crippen molar-refractivity contribution in [3.05, 3.63) is 46.0 Å². The van der Waals surface area contributed by atoms with Gasteiger partial charge in [-0.2, -0.15) is 0 Å². The fourth-order valence-corrected chi connectivity index (χ4v) is 4.04. The van der Waals surface area contributed by atoms with E-state index in [0.717, 1.165) is 17.7 Å². The summed E-state index contributed by atoms with van der Waals surface area (Å²) in [5.74, 6) is -7.09. The summed E-state index contributed by atoms with van der Waals surface area (Å²) in [5, 5.41) is 13.9. The molecule has 3 N–H and O–H groups in total. The highest BCUT2D eigenvalue weighted by atomic mass is 35.5. The van der Waals surface area contributed by atoms with Gasteiger partial charge in [-0.1, -0.05) is 11.6 Å². The molecule has 1 saturated carbocycles. The van der Waals surface area contributed by atoms with Crippen molar-refractivity contribution in [2.75, 3.05) is 19.0 Å². The van der Waals surface area contributed by atoms with Gasteiger partial charge in [0.2, 0.25) is 0 Å². The molecule has 1 heterocycles. The van der Waals surface area contributed by atoms with E-state index in [2.05, 4.69) is 10.6 Å². The van der Waals surface area contributed by atoms with Gasteiger partial charge in [0.05, 0.1) is 19.3 Å². The van der Waals surface area contributed by atoms with Crippen molar-refractivity contribution in [3.63, 3.8) is 0 Å². The van der Waals surface area contributed by atoms with E-state index in [9.17, 15) is 32.7 Å². The molecule has 2 amide bonds. The molecule has 0 spiro atoms. The lowest BCUT2D eigenvalue weighted by Gasteiger charge is -2.46. The zero-order chi connectivity index (χ0) is 24.7. The summed E-state index contributed by atoms with van der Waals surface area (Å²) in [7, 11) is 2.46. The highest BCUT2D eigenvalue weighted by molar-refractivity contribution is 6.44. The van der Waals surface area contributed by atoms with Crippen molar-refractivity contribution < 1.29 is 37.4 Å². The Morgan fingerprint density at radius 2 is 1.91 bits per heavy atom. The van der Waals surface area contributed by atoms with Crippen LogP contribution in [0.5, 0.6) is 5.75 Å². The molecule has 1 aromatic carbocycles. The maximum Gasteiger partial charge on any atom is 0.294 e. The number of anilines is 1. The minimum Gasteiger partial charge on any atom is -0.493 e. The predicted molar refractivity (Wildman–Crippen MR) is 113 cm³/mol. The van der Waals surface area contributed by atoms with Crippen LogP contribution in [0.1, 0.15) is 39.3 Å². The Kier molecular flexibility index (Phi) is 6.49. The molecular formula is C21H21ClF3N3O5. The maximum atomic E-state index is 13.5. The van der Waals surface area contributed by atoms with Crippen LogP contribution >= 0.6 is 11.6 Å². The van der Waals surface area contributed by atoms with Gasteiger partial charge in [-0.3, -0.25) is 14.4 Å². The fraction of sp³-hybridized carbons (Fsp3) is 0.381. The van der Waals surface area contributed by atoms with Gasteiger partial charge in [0.25, 0.3) is 23.5 Å². The number of hydrogen-bond donors (Lipinski definition) is 3. The second-order valence-electron chi connectivity index (χ2n) is 7.96. The van der Waals surface area contributed by atoms with Crippen LogP contribution in [0.3, 0.4) is 0 Å². The number of carbonyl (C=O) groups is 3. The Morgan fingerprint density at radius 1 is 1.27 bits per heavy atom. The summed E-state index contributed by atoms with van der Waals surface area (Å²) in [6.45, 7) is 0.727. The van der Waals surface area contributed by atoms with Gasteiger partial charge in [0, 0.05) is 25.6 Å². The smallest absolute Gasteiger partial charge is 0.294 e. The van der Waals surface area contributed by atoms with E-state index in [-0.39, 0.29) is 33.4 Å². The van der Waals surface area contributed by atoms with Gasteiger partial charge in [-0.15, -0.1) is 0 Å². The number of aliphatic hydroxyl groups excluding tert-OH is 1. The van der Waals surface area contributed by atoms with Gasteiger partial charge in [-0.05, 0) is 30.7 Å². The molecule has 1 aromatic heterocycles. The summed E-state index contributed by atoms with van der Waals surface area (Å²) in [5.41, 5.74) is -1.74. The van der Waals surface area contributed by atoms with Crippen LogP contribution in [0, 0.1) is 12.7 Å². The molecule has 0 atom stereocenters. The minimum absolute atomic E-state index is 0.230. The van der Waals surface area contributed by atoms with E-state index in [1.807, 2.05) is 0 Å². The van der Waals surface area contributed by atoms with Crippen LogP contribution in [0.15, 0.2) is 18.2 Å². The highest BCUT2D eigenvalue weighted by Gasteiger charge is 2.57. The van der Waals surface area contributed by atoms with Crippen molar-refractivity contribution >= 4 is 34.9 Å². The average molecular weight is 488 g/mol. The molecular weight excluding hydrogens is 467 g/mol. The number of benzene rings is 1. The maximum absolute atomic E-state index is 13.5. The van der Waals surface area contributed by atoms with Crippen molar-refractivity contribution in [2.24, 2.45) is 7.05 Å². The number of amides is 2. The number of alkyl halides is 2. The zero-order valence-corrected chi connectivity index (χ0v) is 18.6. The molecule has 2 aromatic rings. The average Bonchev–Trinajstić information content (AvgIpc) is 2.98. The molecule has 0 saturated heterocycles. The summed E-state index contributed by atoms with van der Waals surface area (Å²) < 4.78 is 46.3. The summed E-state index contributed by atoms with van der Waals surface area (Å²) in [4.78, 5) is 38.2. The largest absolute Gasteiger partial charge is 0.493 e. The number of aliphatic hydroxyl groups is 1. The molecule has 0 radical (unpaired) electrons. The quantitative estimate of drug-likeness (QED) is 0.411. The summed E-state index contributed by atoms with van der Waals surface area (Å²) in [6, 6.07) is 3.87. The number of rotatable bonds is 7. The second-order valence-corrected chi connectivity index (χ2v) is 8.31. The molecule has 33 heavy (non-hydrogen) atoms. The molecule has 12 heteroatoms. The fourth-order valence-electron chi connectivity index (χ4n) is 3.78. The highest BCUT2D eigenvalue weighted by Crippen LogP contribution is 2.45. The van der Waals surface area contributed by atoms with E-state index in [0.29, 0.717) is 0 Å². The first-order valence-corrected chi connectivity index (χ1v) is 10.1. The van der Waals surface area contributed by atoms with Crippen molar-refractivity contribution in [2.45, 2.75) is 31.2 Å². The Morgan fingerprint density at radius 3 is 2.42 bits per heavy atom. The number of methoxy groups -OCH3 is 1. The van der Waals surface area contributed by atoms with Crippen molar-refractivity contribution in [1.29, 1.82) is 0 Å². The molecule has 0 aliphatic heterocycles. The summed E-state index contributed by atoms with van der Waals surface area (Å²) in [6.07, 6.45) is -1.63. The molecule has 0 bridgehead atoms. The molecule has 3 rings (SSSR count). The van der Waals surface area contributed by atoms with Gasteiger partial charge in [0.1, 0.15) is 22.2 Å². The number of halogens is 4. The normalized spacial score (nSPS) is 16.0. The van der Waals surface area contributed by atoms with Gasteiger partial charge in [0.15, 0.2) is 5.75 Å². The van der Waals surface area contributed by atoms with Gasteiger partial charge in [-0.25, -0.2) is 13.2 Å². The Balaban J connectivity index is 1.90. The van der Waals surface area contributed by atoms with Gasteiger partial charge < -0.3 is 25.0 Å². The van der Waals surface area contributed by atoms with Gasteiger partial charge >= 0.3 is 0 Å². The lowest BCUT2D eigenvalue weighted by atomic mass is 9.74. The molecule has 0 unspecified atom stereocenters.